The molecule has 0 bridgehead atoms. The van der Waals surface area contributed by atoms with Crippen LogP contribution < -0.4 is 9.64 Å². The summed E-state index contributed by atoms with van der Waals surface area (Å²) >= 11 is 0. The number of halogens is 7. The van der Waals surface area contributed by atoms with Gasteiger partial charge in [0.05, 0.1) is 30.7 Å². The maximum absolute atomic E-state index is 14.0. The van der Waals surface area contributed by atoms with Crippen LogP contribution in [0.15, 0.2) is 60.7 Å². The van der Waals surface area contributed by atoms with Crippen LogP contribution in [0, 0.1) is 17.7 Å². The number of benzene rings is 3. The number of methoxy groups -OCH3 is 1. The van der Waals surface area contributed by atoms with Gasteiger partial charge in [-0.15, -0.1) is 0 Å². The number of carbonyl (C=O) groups excluding carboxylic acids is 1. The molecule has 10 heteroatoms. The number of carbonyl (C=O) groups is 1. The van der Waals surface area contributed by atoms with Gasteiger partial charge in [-0.25, -0.2) is 4.39 Å². The quantitative estimate of drug-likeness (QED) is 0.267. The molecule has 0 radical (unpaired) electrons. The van der Waals surface area contributed by atoms with Crippen molar-refractivity contribution in [2.24, 2.45) is 0 Å². The van der Waals surface area contributed by atoms with Gasteiger partial charge in [0.25, 0.3) is 0 Å². The van der Waals surface area contributed by atoms with E-state index >= 15 is 0 Å². The number of rotatable bonds is 3. The Morgan fingerprint density at radius 3 is 2.29 bits per heavy atom. The van der Waals surface area contributed by atoms with Crippen LogP contribution in [0.4, 0.5) is 36.4 Å². The van der Waals surface area contributed by atoms with Gasteiger partial charge in [0.1, 0.15) is 11.6 Å². The van der Waals surface area contributed by atoms with Gasteiger partial charge in [0, 0.05) is 11.3 Å². The first-order valence-corrected chi connectivity index (χ1v) is 11.4. The van der Waals surface area contributed by atoms with Crippen LogP contribution in [0.3, 0.4) is 0 Å². The van der Waals surface area contributed by atoms with Crippen molar-refractivity contribution in [1.82, 2.24) is 0 Å². The molecule has 1 atom stereocenters. The third-order valence-corrected chi connectivity index (χ3v) is 6.22. The summed E-state index contributed by atoms with van der Waals surface area (Å²) < 4.78 is 100. The van der Waals surface area contributed by atoms with Gasteiger partial charge in [-0.1, -0.05) is 17.9 Å². The molecular weight excluding hydrogens is 515 g/mol. The molecule has 1 aliphatic heterocycles. The highest BCUT2D eigenvalue weighted by molar-refractivity contribution is 6.00. The molecule has 38 heavy (non-hydrogen) atoms. The molecule has 0 spiro atoms. The lowest BCUT2D eigenvalue weighted by Gasteiger charge is -2.26. The Morgan fingerprint density at radius 2 is 1.66 bits per heavy atom. The normalized spacial score (nSPS) is 15.8. The molecule has 4 rings (SSSR count). The molecule has 198 valence electrons. The fraction of sp³-hybridized carbons (Fsp3) is 0.250. The van der Waals surface area contributed by atoms with Gasteiger partial charge in [-0.3, -0.25) is 9.69 Å². The highest BCUT2D eigenvalue weighted by atomic mass is 19.4. The minimum atomic E-state index is -5.14. The van der Waals surface area contributed by atoms with Crippen LogP contribution in [0.1, 0.15) is 40.2 Å². The van der Waals surface area contributed by atoms with Crippen LogP contribution >= 0.6 is 0 Å². The molecule has 0 N–H and O–H groups in total. The van der Waals surface area contributed by atoms with Crippen molar-refractivity contribution in [3.05, 3.63) is 94.3 Å². The van der Waals surface area contributed by atoms with Gasteiger partial charge >= 0.3 is 12.4 Å². The molecule has 1 unspecified atom stereocenters. The minimum absolute atomic E-state index is 0.0220. The van der Waals surface area contributed by atoms with E-state index < -0.39 is 46.7 Å². The van der Waals surface area contributed by atoms with Crippen molar-refractivity contribution in [2.45, 2.75) is 31.1 Å². The summed E-state index contributed by atoms with van der Waals surface area (Å²) in [6.07, 6.45) is -10.3. The number of amides is 1. The summed E-state index contributed by atoms with van der Waals surface area (Å²) in [7, 11) is 1.50. The van der Waals surface area contributed by atoms with Crippen molar-refractivity contribution >= 4 is 11.6 Å². The standard InChI is InChI=1S/C28H20F7NO2/c1-38-21-9-4-17(5-10-21)3-2-14-36-25-13-8-20(29)15-18(25)6-11-23(26(36)37)22-12-7-19(27(30,31)32)16-24(22)28(33,34)35/h4-5,7-10,12-13,15-16,23H,6,11,14H2,1H3. The first kappa shape index (κ1) is 27.0. The number of anilines is 1. The Hall–Kier alpha value is -4.00. The predicted molar refractivity (Wildman–Crippen MR) is 126 cm³/mol. The topological polar surface area (TPSA) is 29.5 Å². The Labute approximate surface area is 213 Å². The fourth-order valence-corrected chi connectivity index (χ4v) is 4.38. The zero-order valence-corrected chi connectivity index (χ0v) is 19.9. The SMILES string of the molecule is COc1ccc(C#CCN2C(=O)C(c3ccc(C(F)(F)F)cc3C(F)(F)F)CCc3cc(F)ccc32)cc1. The predicted octanol–water partition coefficient (Wildman–Crippen LogP) is 6.99. The van der Waals surface area contributed by atoms with Crippen molar-refractivity contribution in [2.75, 3.05) is 18.6 Å². The van der Waals surface area contributed by atoms with Crippen LogP contribution in [-0.2, 0) is 23.6 Å². The summed E-state index contributed by atoms with van der Waals surface area (Å²) in [5.74, 6) is 3.50. The summed E-state index contributed by atoms with van der Waals surface area (Å²) in [6.45, 7) is -0.234. The lowest BCUT2D eigenvalue weighted by Crippen LogP contribution is -2.35. The van der Waals surface area contributed by atoms with E-state index in [0.29, 0.717) is 29.0 Å². The molecule has 1 aliphatic rings. The Bertz CT molecular complexity index is 1400. The summed E-state index contributed by atoms with van der Waals surface area (Å²) in [5.41, 5.74) is -2.33. The van der Waals surface area contributed by atoms with E-state index in [1.54, 1.807) is 24.3 Å². The van der Waals surface area contributed by atoms with Gasteiger partial charge in [-0.2, -0.15) is 26.3 Å². The second-order valence-electron chi connectivity index (χ2n) is 8.62. The summed E-state index contributed by atoms with van der Waals surface area (Å²) in [6, 6.07) is 11.6. The summed E-state index contributed by atoms with van der Waals surface area (Å²) in [5, 5.41) is 0. The van der Waals surface area contributed by atoms with Crippen molar-refractivity contribution < 1.29 is 40.3 Å². The average molecular weight is 535 g/mol. The maximum Gasteiger partial charge on any atom is 0.416 e. The highest BCUT2D eigenvalue weighted by Gasteiger charge is 2.42. The highest BCUT2D eigenvalue weighted by Crippen LogP contribution is 2.42. The molecule has 3 nitrogen and oxygen atoms in total. The molecule has 0 saturated carbocycles. The van der Waals surface area contributed by atoms with E-state index in [-0.39, 0.29) is 31.1 Å². The van der Waals surface area contributed by atoms with E-state index in [2.05, 4.69) is 11.8 Å². The number of ether oxygens (including phenoxy) is 1. The van der Waals surface area contributed by atoms with Gasteiger partial charge in [-0.05, 0) is 78.6 Å². The molecule has 0 fully saturated rings. The molecule has 0 saturated heterocycles. The molecule has 1 heterocycles. The average Bonchev–Trinajstić information content (AvgIpc) is 2.99. The number of fused-ring (bicyclic) bond motifs is 1. The number of hydrogen-bond acceptors (Lipinski definition) is 2. The largest absolute Gasteiger partial charge is 0.497 e. The second kappa shape index (κ2) is 10.4. The van der Waals surface area contributed by atoms with Gasteiger partial charge < -0.3 is 4.74 Å². The van der Waals surface area contributed by atoms with E-state index in [9.17, 15) is 35.5 Å². The molecule has 3 aromatic rings. The molecular formula is C28H20F7NO2. The Kier molecular flexibility index (Phi) is 7.40. The first-order chi connectivity index (χ1) is 17.9. The van der Waals surface area contributed by atoms with E-state index in [1.807, 2.05) is 0 Å². The maximum atomic E-state index is 14.0. The molecule has 3 aromatic carbocycles. The van der Waals surface area contributed by atoms with Crippen molar-refractivity contribution in [1.29, 1.82) is 0 Å². The number of aryl methyl sites for hydroxylation is 1. The third kappa shape index (κ3) is 5.77. The fourth-order valence-electron chi connectivity index (χ4n) is 4.38. The molecule has 1 amide bonds. The lowest BCUT2D eigenvalue weighted by atomic mass is 9.88. The zero-order chi connectivity index (χ0) is 27.7. The monoisotopic (exact) mass is 535 g/mol. The van der Waals surface area contributed by atoms with E-state index in [1.165, 1.54) is 19.2 Å². The number of nitrogens with zero attached hydrogens (tertiary/aromatic N) is 1. The number of hydrogen-bond donors (Lipinski definition) is 0. The van der Waals surface area contributed by atoms with Crippen LogP contribution in [0.5, 0.6) is 5.75 Å². The van der Waals surface area contributed by atoms with Gasteiger partial charge in [0.2, 0.25) is 5.91 Å². The smallest absolute Gasteiger partial charge is 0.416 e. The Morgan fingerprint density at radius 1 is 0.947 bits per heavy atom. The zero-order valence-electron chi connectivity index (χ0n) is 19.9. The lowest BCUT2D eigenvalue weighted by molar-refractivity contribution is -0.143. The third-order valence-electron chi connectivity index (χ3n) is 6.22. The number of alkyl halides is 6. The van der Waals surface area contributed by atoms with Crippen molar-refractivity contribution in [3.8, 4) is 17.6 Å². The van der Waals surface area contributed by atoms with E-state index in [4.69, 9.17) is 4.74 Å². The van der Waals surface area contributed by atoms with Crippen LogP contribution in [-0.4, -0.2) is 19.6 Å². The summed E-state index contributed by atoms with van der Waals surface area (Å²) in [4.78, 5) is 14.8. The molecule has 0 aliphatic carbocycles. The second-order valence-corrected chi connectivity index (χ2v) is 8.62. The Balaban J connectivity index is 1.75. The van der Waals surface area contributed by atoms with Crippen LogP contribution in [0.2, 0.25) is 0 Å². The van der Waals surface area contributed by atoms with Gasteiger partial charge in [0.15, 0.2) is 0 Å². The first-order valence-electron chi connectivity index (χ1n) is 11.4. The van der Waals surface area contributed by atoms with E-state index in [0.717, 1.165) is 11.0 Å². The minimum Gasteiger partial charge on any atom is -0.497 e. The van der Waals surface area contributed by atoms with Crippen LogP contribution in [0.25, 0.3) is 0 Å². The van der Waals surface area contributed by atoms with Crippen molar-refractivity contribution in [3.63, 3.8) is 0 Å². The molecule has 0 aromatic heterocycles.